The highest BCUT2D eigenvalue weighted by molar-refractivity contribution is 7.98. The van der Waals surface area contributed by atoms with Gasteiger partial charge in [-0.05, 0) is 24.3 Å². The number of benzene rings is 2. The molecule has 0 radical (unpaired) electrons. The molecule has 3 aromatic rings. The molecule has 2 aromatic carbocycles. The van der Waals surface area contributed by atoms with Gasteiger partial charge in [0.05, 0.1) is 25.4 Å². The summed E-state index contributed by atoms with van der Waals surface area (Å²) in [6.45, 7) is 0. The molecule has 5 nitrogen and oxygen atoms in total. The summed E-state index contributed by atoms with van der Waals surface area (Å²) in [5.74, 6) is 1.87. The van der Waals surface area contributed by atoms with E-state index in [2.05, 4.69) is 10.3 Å². The van der Waals surface area contributed by atoms with Crippen LogP contribution in [-0.4, -0.2) is 25.1 Å². The molecule has 0 bridgehead atoms. The lowest BCUT2D eigenvalue weighted by molar-refractivity contribution is 0.102. The number of ether oxygens (including phenoxy) is 2. The maximum absolute atomic E-state index is 12.5. The van der Waals surface area contributed by atoms with Crippen LogP contribution in [0.15, 0.2) is 58.3 Å². The first-order valence-electron chi connectivity index (χ1n) is 7.82. The Hall–Kier alpha value is -2.51. The van der Waals surface area contributed by atoms with Gasteiger partial charge in [-0.1, -0.05) is 0 Å². The molecule has 0 atom stereocenters. The van der Waals surface area contributed by atoms with Crippen LogP contribution < -0.4 is 14.8 Å². The molecule has 0 spiro atoms. The number of hydrogen-bond donors (Lipinski definition) is 1. The number of carbonyl (C=O) groups is 1. The Kier molecular flexibility index (Phi) is 6.14. The highest BCUT2D eigenvalue weighted by Crippen LogP contribution is 2.27. The van der Waals surface area contributed by atoms with Crippen molar-refractivity contribution in [2.75, 3.05) is 19.5 Å². The first-order valence-corrected chi connectivity index (χ1v) is 9.75. The largest absolute Gasteiger partial charge is 0.497 e. The summed E-state index contributed by atoms with van der Waals surface area (Å²) in [4.78, 5) is 17.8. The number of thiazole rings is 1. The summed E-state index contributed by atoms with van der Waals surface area (Å²) in [6.07, 6.45) is 0. The Balaban J connectivity index is 1.64. The van der Waals surface area contributed by atoms with Crippen LogP contribution in [0.5, 0.6) is 11.5 Å². The summed E-state index contributed by atoms with van der Waals surface area (Å²) >= 11 is 3.28. The van der Waals surface area contributed by atoms with Crippen LogP contribution in [0.4, 0.5) is 5.69 Å². The molecule has 1 N–H and O–H groups in total. The van der Waals surface area contributed by atoms with Crippen LogP contribution in [0.1, 0.15) is 16.1 Å². The van der Waals surface area contributed by atoms with E-state index in [4.69, 9.17) is 9.47 Å². The molecular weight excluding hydrogens is 368 g/mol. The minimum Gasteiger partial charge on any atom is -0.497 e. The zero-order valence-corrected chi connectivity index (χ0v) is 16.0. The van der Waals surface area contributed by atoms with E-state index in [-0.39, 0.29) is 5.91 Å². The lowest BCUT2D eigenvalue weighted by atomic mass is 10.2. The van der Waals surface area contributed by atoms with Crippen molar-refractivity contribution < 1.29 is 14.3 Å². The van der Waals surface area contributed by atoms with Crippen molar-refractivity contribution in [3.63, 3.8) is 0 Å². The number of hydrogen-bond acceptors (Lipinski definition) is 6. The van der Waals surface area contributed by atoms with Crippen LogP contribution in [0.3, 0.4) is 0 Å². The number of nitrogens with one attached hydrogen (secondary N) is 1. The van der Waals surface area contributed by atoms with Crippen molar-refractivity contribution in [3.05, 3.63) is 64.6 Å². The lowest BCUT2D eigenvalue weighted by Gasteiger charge is -2.10. The number of anilines is 1. The maximum atomic E-state index is 12.5. The molecule has 1 amide bonds. The number of aromatic nitrogens is 1. The standard InChI is InChI=1S/C19H18N2O3S2/c1-23-16-7-14(8-17(9-16)24-2)21-19(22)13-3-5-18(6-4-13)26-11-15-10-25-12-20-15/h3-10,12H,11H2,1-2H3,(H,21,22). The van der Waals surface area contributed by atoms with Gasteiger partial charge in [0.2, 0.25) is 0 Å². The van der Waals surface area contributed by atoms with Gasteiger partial charge in [0.15, 0.2) is 0 Å². The third-order valence-corrected chi connectivity index (χ3v) is 5.28. The van der Waals surface area contributed by atoms with Crippen molar-refractivity contribution >= 4 is 34.7 Å². The molecule has 0 aliphatic carbocycles. The molecule has 0 saturated carbocycles. The van der Waals surface area contributed by atoms with E-state index in [1.807, 2.05) is 35.2 Å². The van der Waals surface area contributed by atoms with Crippen LogP contribution in [-0.2, 0) is 5.75 Å². The Labute approximate surface area is 160 Å². The summed E-state index contributed by atoms with van der Waals surface area (Å²) in [5, 5.41) is 4.91. The average molecular weight is 386 g/mol. The van der Waals surface area contributed by atoms with Crippen molar-refractivity contribution in [2.45, 2.75) is 10.6 Å². The topological polar surface area (TPSA) is 60.5 Å². The normalized spacial score (nSPS) is 10.4. The van der Waals surface area contributed by atoms with Gasteiger partial charge in [-0.3, -0.25) is 4.79 Å². The number of rotatable bonds is 7. The Morgan fingerprint density at radius 1 is 1.12 bits per heavy atom. The van der Waals surface area contributed by atoms with Crippen LogP contribution in [0.2, 0.25) is 0 Å². The van der Waals surface area contributed by atoms with Gasteiger partial charge in [-0.15, -0.1) is 23.1 Å². The smallest absolute Gasteiger partial charge is 0.255 e. The molecule has 0 aliphatic rings. The summed E-state index contributed by atoms with van der Waals surface area (Å²) in [5.41, 5.74) is 4.10. The predicted octanol–water partition coefficient (Wildman–Crippen LogP) is 4.70. The van der Waals surface area contributed by atoms with Crippen molar-refractivity contribution in [2.24, 2.45) is 0 Å². The molecule has 1 heterocycles. The second-order valence-corrected chi connectivity index (χ2v) is 7.12. The minimum atomic E-state index is -0.184. The molecule has 0 aliphatic heterocycles. The van der Waals surface area contributed by atoms with E-state index in [9.17, 15) is 4.79 Å². The second-order valence-electron chi connectivity index (χ2n) is 5.35. The highest BCUT2D eigenvalue weighted by atomic mass is 32.2. The zero-order chi connectivity index (χ0) is 18.4. The zero-order valence-electron chi connectivity index (χ0n) is 14.4. The predicted molar refractivity (Wildman–Crippen MR) is 106 cm³/mol. The van der Waals surface area contributed by atoms with Crippen molar-refractivity contribution in [1.82, 2.24) is 4.98 Å². The van der Waals surface area contributed by atoms with Gasteiger partial charge in [0.25, 0.3) is 5.91 Å². The molecule has 3 rings (SSSR count). The SMILES string of the molecule is COc1cc(NC(=O)c2ccc(SCc3cscn3)cc2)cc(OC)c1. The third-order valence-electron chi connectivity index (χ3n) is 3.60. The van der Waals surface area contributed by atoms with E-state index in [0.29, 0.717) is 22.7 Å². The maximum Gasteiger partial charge on any atom is 0.255 e. The first kappa shape index (κ1) is 18.3. The monoisotopic (exact) mass is 386 g/mol. The third kappa shape index (κ3) is 4.77. The molecule has 7 heteroatoms. The lowest BCUT2D eigenvalue weighted by Crippen LogP contribution is -2.11. The highest BCUT2D eigenvalue weighted by Gasteiger charge is 2.09. The molecule has 0 unspecified atom stereocenters. The molecule has 26 heavy (non-hydrogen) atoms. The fourth-order valence-corrected chi connectivity index (χ4v) is 3.72. The van der Waals surface area contributed by atoms with Gasteiger partial charge >= 0.3 is 0 Å². The van der Waals surface area contributed by atoms with Crippen molar-refractivity contribution in [3.8, 4) is 11.5 Å². The van der Waals surface area contributed by atoms with E-state index >= 15 is 0 Å². The van der Waals surface area contributed by atoms with Crippen LogP contribution >= 0.6 is 23.1 Å². The molecule has 1 aromatic heterocycles. The van der Waals surface area contributed by atoms with E-state index in [1.165, 1.54) is 0 Å². The summed E-state index contributed by atoms with van der Waals surface area (Å²) < 4.78 is 10.4. The Bertz CT molecular complexity index is 843. The first-order chi connectivity index (χ1) is 12.7. The van der Waals surface area contributed by atoms with E-state index in [1.54, 1.807) is 55.5 Å². The molecule has 0 fully saturated rings. The van der Waals surface area contributed by atoms with Gasteiger partial charge in [0, 0.05) is 45.5 Å². The van der Waals surface area contributed by atoms with E-state index in [0.717, 1.165) is 16.3 Å². The molecular formula is C19H18N2O3S2. The van der Waals surface area contributed by atoms with Crippen molar-refractivity contribution in [1.29, 1.82) is 0 Å². The van der Waals surface area contributed by atoms with E-state index < -0.39 is 0 Å². The summed E-state index contributed by atoms with van der Waals surface area (Å²) in [7, 11) is 3.14. The summed E-state index contributed by atoms with van der Waals surface area (Å²) in [6, 6.07) is 12.8. The average Bonchev–Trinajstić information content (AvgIpc) is 3.20. The number of amides is 1. The minimum absolute atomic E-state index is 0.184. The van der Waals surface area contributed by atoms with Gasteiger partial charge < -0.3 is 14.8 Å². The van der Waals surface area contributed by atoms with Crippen LogP contribution in [0, 0.1) is 0 Å². The Morgan fingerprint density at radius 2 is 1.81 bits per heavy atom. The van der Waals surface area contributed by atoms with Gasteiger partial charge in [-0.2, -0.15) is 0 Å². The number of nitrogens with zero attached hydrogens (tertiary/aromatic N) is 1. The van der Waals surface area contributed by atoms with Gasteiger partial charge in [0.1, 0.15) is 11.5 Å². The fraction of sp³-hybridized carbons (Fsp3) is 0.158. The number of methoxy groups -OCH3 is 2. The van der Waals surface area contributed by atoms with Crippen LogP contribution in [0.25, 0.3) is 0 Å². The van der Waals surface area contributed by atoms with Gasteiger partial charge in [-0.25, -0.2) is 4.98 Å². The Morgan fingerprint density at radius 3 is 2.38 bits per heavy atom. The number of carbonyl (C=O) groups excluding carboxylic acids is 1. The molecule has 0 saturated heterocycles. The number of thioether (sulfide) groups is 1. The second kappa shape index (κ2) is 8.73. The fourth-order valence-electron chi connectivity index (χ4n) is 2.25. The quantitative estimate of drug-likeness (QED) is 0.596. The molecule has 134 valence electrons.